The first-order valence-electron chi connectivity index (χ1n) is 2.74. The van der Waals surface area contributed by atoms with Crippen molar-refractivity contribution in [1.29, 1.82) is 0 Å². The van der Waals surface area contributed by atoms with Gasteiger partial charge in [-0.15, -0.1) is 0 Å². The van der Waals surface area contributed by atoms with Gasteiger partial charge in [-0.25, -0.2) is 8.39 Å². The Morgan fingerprint density at radius 2 is 1.53 bits per heavy atom. The van der Waals surface area contributed by atoms with E-state index < -0.39 is 33.7 Å². The van der Waals surface area contributed by atoms with Crippen LogP contribution in [0.3, 0.4) is 0 Å². The average Bonchev–Trinajstić information content (AvgIpc) is 1.75. The lowest BCUT2D eigenvalue weighted by Gasteiger charge is -2.31. The maximum absolute atomic E-state index is 9.96. The summed E-state index contributed by atoms with van der Waals surface area (Å²) in [5.41, 5.74) is 0. The Morgan fingerprint density at radius 3 is 1.80 bits per heavy atom. The van der Waals surface area contributed by atoms with Crippen LogP contribution in [0.2, 0.25) is 0 Å². The second-order valence-corrected chi connectivity index (χ2v) is 3.61. The summed E-state index contributed by atoms with van der Waals surface area (Å²) < 4.78 is 53.5. The van der Waals surface area contributed by atoms with Crippen LogP contribution in [-0.2, 0) is 30.1 Å². The molecule has 0 aliphatic heterocycles. The van der Waals surface area contributed by atoms with Crippen molar-refractivity contribution < 1.29 is 50.5 Å². The van der Waals surface area contributed by atoms with E-state index in [9.17, 15) is 17.2 Å². The van der Waals surface area contributed by atoms with Crippen LogP contribution in [0.1, 0.15) is 0 Å². The standard InChI is InChI=1S/C2H6O11S2/c3-1(4,12-14(7)8)2(5,6)13-15(9,10)11/h3-6H,(H,7,8)(H,9,10,11)/p-1. The van der Waals surface area contributed by atoms with Gasteiger partial charge >= 0.3 is 22.3 Å². The molecule has 0 fully saturated rings. The topological polar surface area (TPSA) is 194 Å². The SMILES string of the molecule is O=S([O-])OC(O)(O)C(O)(O)OS(=O)(=O)O. The quantitative estimate of drug-likeness (QED) is 0.185. The van der Waals surface area contributed by atoms with Gasteiger partial charge in [0.15, 0.2) is 0 Å². The minimum absolute atomic E-state index is 2.93. The molecule has 13 heteroatoms. The van der Waals surface area contributed by atoms with Crippen molar-refractivity contribution in [3.05, 3.63) is 0 Å². The van der Waals surface area contributed by atoms with Gasteiger partial charge in [0, 0.05) is 0 Å². The fourth-order valence-electron chi connectivity index (χ4n) is 0.350. The molecular formula is C2H5O11S2-. The summed E-state index contributed by atoms with van der Waals surface area (Å²) in [6, 6.07) is 0. The molecule has 0 aromatic heterocycles. The highest BCUT2D eigenvalue weighted by Gasteiger charge is 2.55. The molecule has 1 atom stereocenters. The van der Waals surface area contributed by atoms with Gasteiger partial charge in [-0.1, -0.05) is 0 Å². The highest BCUT2D eigenvalue weighted by Crippen LogP contribution is 2.22. The van der Waals surface area contributed by atoms with Crippen molar-refractivity contribution >= 4 is 21.8 Å². The third kappa shape index (κ3) is 4.89. The summed E-state index contributed by atoms with van der Waals surface area (Å²) in [6.45, 7) is 0. The molecule has 0 aromatic rings. The Morgan fingerprint density at radius 1 is 1.13 bits per heavy atom. The Balaban J connectivity index is 4.92. The van der Waals surface area contributed by atoms with E-state index >= 15 is 0 Å². The number of hydrogen-bond acceptors (Lipinski definition) is 10. The zero-order valence-corrected chi connectivity index (χ0v) is 8.14. The van der Waals surface area contributed by atoms with Gasteiger partial charge in [-0.05, 0) is 0 Å². The number of rotatable bonds is 5. The molecule has 15 heavy (non-hydrogen) atoms. The largest absolute Gasteiger partial charge is 0.750 e. The van der Waals surface area contributed by atoms with E-state index in [4.69, 9.17) is 25.0 Å². The highest BCUT2D eigenvalue weighted by molar-refractivity contribution is 7.80. The van der Waals surface area contributed by atoms with Crippen molar-refractivity contribution in [2.24, 2.45) is 0 Å². The van der Waals surface area contributed by atoms with E-state index in [0.717, 1.165) is 0 Å². The summed E-state index contributed by atoms with van der Waals surface area (Å²) >= 11 is -3.64. The van der Waals surface area contributed by atoms with E-state index in [2.05, 4.69) is 8.37 Å². The zero-order chi connectivity index (χ0) is 12.5. The van der Waals surface area contributed by atoms with Crippen molar-refractivity contribution in [2.75, 3.05) is 0 Å². The lowest BCUT2D eigenvalue weighted by molar-refractivity contribution is -0.491. The summed E-state index contributed by atoms with van der Waals surface area (Å²) in [7, 11) is -5.50. The number of hydrogen-bond donors (Lipinski definition) is 5. The van der Waals surface area contributed by atoms with Gasteiger partial charge in [-0.3, -0.25) is 4.55 Å². The molecule has 0 saturated carbocycles. The molecule has 0 radical (unpaired) electrons. The number of aliphatic hydroxyl groups is 4. The van der Waals surface area contributed by atoms with Gasteiger partial charge < -0.3 is 25.0 Å². The van der Waals surface area contributed by atoms with Crippen molar-refractivity contribution in [3.8, 4) is 0 Å². The Kier molecular flexibility index (Phi) is 4.27. The predicted molar refractivity (Wildman–Crippen MR) is 37.0 cm³/mol. The van der Waals surface area contributed by atoms with Crippen molar-refractivity contribution in [3.63, 3.8) is 0 Å². The minimum atomic E-state index is -5.50. The maximum Gasteiger partial charge on any atom is 0.402 e. The second kappa shape index (κ2) is 4.34. The highest BCUT2D eigenvalue weighted by atomic mass is 32.3. The van der Waals surface area contributed by atoms with Crippen LogP contribution in [0.25, 0.3) is 0 Å². The molecule has 0 rings (SSSR count). The van der Waals surface area contributed by atoms with Crippen LogP contribution in [0.15, 0.2) is 0 Å². The van der Waals surface area contributed by atoms with Gasteiger partial charge in [0.25, 0.3) is 0 Å². The molecule has 5 N–H and O–H groups in total. The third-order valence-electron chi connectivity index (χ3n) is 0.830. The smallest absolute Gasteiger partial charge is 0.402 e. The van der Waals surface area contributed by atoms with Gasteiger partial charge in [0.2, 0.25) is 0 Å². The first kappa shape index (κ1) is 14.8. The molecule has 0 aliphatic carbocycles. The van der Waals surface area contributed by atoms with Crippen LogP contribution < -0.4 is 0 Å². The molecule has 0 aromatic carbocycles. The zero-order valence-electron chi connectivity index (χ0n) is 6.50. The summed E-state index contributed by atoms with van der Waals surface area (Å²) in [4.78, 5) is 0. The molecule has 0 spiro atoms. The van der Waals surface area contributed by atoms with E-state index in [1.54, 1.807) is 0 Å². The minimum Gasteiger partial charge on any atom is -0.750 e. The normalized spacial score (nSPS) is 16.4. The van der Waals surface area contributed by atoms with Crippen LogP contribution >= 0.6 is 0 Å². The van der Waals surface area contributed by atoms with Crippen molar-refractivity contribution in [1.82, 2.24) is 0 Å². The lowest BCUT2D eigenvalue weighted by atomic mass is 10.5. The fourth-order valence-corrected chi connectivity index (χ4v) is 1.05. The Hall–Kier alpha value is -0.220. The first-order valence-corrected chi connectivity index (χ1v) is 5.10. The molecule has 92 valence electrons. The Bertz CT molecular complexity index is 338. The van der Waals surface area contributed by atoms with E-state index in [-0.39, 0.29) is 0 Å². The first-order chi connectivity index (χ1) is 6.37. The van der Waals surface area contributed by atoms with E-state index in [0.29, 0.717) is 0 Å². The van der Waals surface area contributed by atoms with Crippen LogP contribution in [0.4, 0.5) is 0 Å². The van der Waals surface area contributed by atoms with Crippen LogP contribution in [-0.4, -0.2) is 54.1 Å². The molecule has 0 amide bonds. The van der Waals surface area contributed by atoms with Crippen LogP contribution in [0.5, 0.6) is 0 Å². The maximum atomic E-state index is 9.96. The van der Waals surface area contributed by atoms with Crippen molar-refractivity contribution in [2.45, 2.75) is 11.9 Å². The summed E-state index contributed by atoms with van der Waals surface area (Å²) in [5.74, 6) is -8.77. The molecular weight excluding hydrogens is 264 g/mol. The molecule has 1 unspecified atom stereocenters. The molecule has 0 aliphatic rings. The van der Waals surface area contributed by atoms with E-state index in [1.807, 2.05) is 0 Å². The molecule has 11 nitrogen and oxygen atoms in total. The molecule has 0 heterocycles. The second-order valence-electron chi connectivity index (χ2n) is 2.02. The van der Waals surface area contributed by atoms with Gasteiger partial charge in [0.05, 0.1) is 11.4 Å². The average molecular weight is 269 g/mol. The summed E-state index contributed by atoms with van der Waals surface area (Å²) in [5, 5.41) is 34.1. The molecule has 0 bridgehead atoms. The monoisotopic (exact) mass is 269 g/mol. The lowest BCUT2D eigenvalue weighted by Crippen LogP contribution is -2.58. The molecule has 0 saturated heterocycles. The summed E-state index contributed by atoms with van der Waals surface area (Å²) in [6.07, 6.45) is 0. The third-order valence-corrected chi connectivity index (χ3v) is 1.64. The fraction of sp³-hybridized carbons (Fsp3) is 1.00. The van der Waals surface area contributed by atoms with Crippen LogP contribution in [0, 0.1) is 0 Å². The Labute approximate surface area is 84.9 Å². The van der Waals surface area contributed by atoms with Gasteiger partial charge in [-0.2, -0.15) is 12.6 Å². The van der Waals surface area contributed by atoms with Gasteiger partial charge in [0.1, 0.15) is 0 Å². The van der Waals surface area contributed by atoms with E-state index in [1.165, 1.54) is 0 Å². The predicted octanol–water partition coefficient (Wildman–Crippen LogP) is -4.11.